The van der Waals surface area contributed by atoms with Gasteiger partial charge >= 0.3 is 5.97 Å². The summed E-state index contributed by atoms with van der Waals surface area (Å²) in [7, 11) is 0. The second-order valence-corrected chi connectivity index (χ2v) is 6.71. The van der Waals surface area contributed by atoms with Crippen LogP contribution in [-0.2, 0) is 9.53 Å². The zero-order chi connectivity index (χ0) is 17.1. The van der Waals surface area contributed by atoms with E-state index in [1.54, 1.807) is 18.2 Å². The smallest absolute Gasteiger partial charge is 0.331 e. The molecule has 24 heavy (non-hydrogen) atoms. The molecule has 1 aliphatic heterocycles. The van der Waals surface area contributed by atoms with Gasteiger partial charge in [0.1, 0.15) is 0 Å². The number of ketones is 1. The zero-order valence-corrected chi connectivity index (χ0v) is 14.3. The first-order valence-corrected chi connectivity index (χ1v) is 8.26. The van der Waals surface area contributed by atoms with Gasteiger partial charge in [-0.25, -0.2) is 4.79 Å². The highest BCUT2D eigenvalue weighted by atomic mass is 35.5. The van der Waals surface area contributed by atoms with E-state index in [4.69, 9.17) is 25.8 Å². The van der Waals surface area contributed by atoms with Crippen LogP contribution in [0.25, 0.3) is 6.08 Å². The Kier molecular flexibility index (Phi) is 4.87. The van der Waals surface area contributed by atoms with Crippen LogP contribution in [0.3, 0.4) is 0 Å². The molecule has 2 heterocycles. The summed E-state index contributed by atoms with van der Waals surface area (Å²) in [6.07, 6.45) is 2.77. The third-order valence-electron chi connectivity index (χ3n) is 3.22. The van der Waals surface area contributed by atoms with Gasteiger partial charge < -0.3 is 14.2 Å². The summed E-state index contributed by atoms with van der Waals surface area (Å²) < 4.78 is 15.4. The van der Waals surface area contributed by atoms with Crippen LogP contribution in [0.4, 0.5) is 0 Å². The minimum absolute atomic E-state index is 0.120. The van der Waals surface area contributed by atoms with Crippen LogP contribution < -0.4 is 9.47 Å². The van der Waals surface area contributed by atoms with Crippen molar-refractivity contribution in [2.45, 2.75) is 6.92 Å². The van der Waals surface area contributed by atoms with E-state index in [0.29, 0.717) is 27.0 Å². The van der Waals surface area contributed by atoms with E-state index in [2.05, 4.69) is 0 Å². The van der Waals surface area contributed by atoms with Gasteiger partial charge in [0.15, 0.2) is 18.1 Å². The molecule has 7 heteroatoms. The molecule has 124 valence electrons. The van der Waals surface area contributed by atoms with E-state index >= 15 is 0 Å². The van der Waals surface area contributed by atoms with Crippen LogP contribution in [-0.4, -0.2) is 25.2 Å². The van der Waals surface area contributed by atoms with Gasteiger partial charge in [-0.05, 0) is 42.8 Å². The molecular weight excluding hydrogens is 352 g/mol. The number of halogens is 1. The molecule has 0 saturated carbocycles. The van der Waals surface area contributed by atoms with Crippen molar-refractivity contribution in [3.05, 3.63) is 50.7 Å². The zero-order valence-electron chi connectivity index (χ0n) is 12.7. The van der Waals surface area contributed by atoms with Crippen molar-refractivity contribution in [2.24, 2.45) is 0 Å². The molecule has 0 N–H and O–H groups in total. The fraction of sp³-hybridized carbons (Fsp3) is 0.176. The maximum Gasteiger partial charge on any atom is 0.331 e. The molecule has 0 unspecified atom stereocenters. The standard InChI is InChI=1S/C17H13ClO5S/c1-10-2-4-15(24-10)13(19)8-21-16(20)5-3-11-6-12(18)17-14(7-11)22-9-23-17/h2-7H,8-9H2,1H3/b5-3+. The molecule has 3 rings (SSSR count). The van der Waals surface area contributed by atoms with Crippen molar-refractivity contribution in [3.8, 4) is 11.5 Å². The Morgan fingerprint density at radius 2 is 2.17 bits per heavy atom. The minimum Gasteiger partial charge on any atom is -0.454 e. The molecule has 0 fully saturated rings. The number of benzene rings is 1. The van der Waals surface area contributed by atoms with Crippen LogP contribution in [0.1, 0.15) is 20.1 Å². The number of rotatable bonds is 5. The van der Waals surface area contributed by atoms with Crippen LogP contribution in [0.2, 0.25) is 5.02 Å². The number of fused-ring (bicyclic) bond motifs is 1. The summed E-state index contributed by atoms with van der Waals surface area (Å²) in [6, 6.07) is 6.93. The lowest BCUT2D eigenvalue weighted by Crippen LogP contribution is -2.11. The lowest BCUT2D eigenvalue weighted by Gasteiger charge is -2.02. The summed E-state index contributed by atoms with van der Waals surface area (Å²) in [5, 5.41) is 0.404. The summed E-state index contributed by atoms with van der Waals surface area (Å²) in [5.41, 5.74) is 0.668. The Morgan fingerprint density at radius 1 is 1.33 bits per heavy atom. The van der Waals surface area contributed by atoms with Crippen LogP contribution in [0.15, 0.2) is 30.3 Å². The first-order chi connectivity index (χ1) is 11.5. The Labute approximate surface area is 147 Å². The number of ether oxygens (including phenoxy) is 3. The molecule has 0 saturated heterocycles. The van der Waals surface area contributed by atoms with E-state index in [0.717, 1.165) is 4.88 Å². The lowest BCUT2D eigenvalue weighted by molar-refractivity contribution is -0.136. The highest BCUT2D eigenvalue weighted by Gasteiger charge is 2.17. The van der Waals surface area contributed by atoms with Gasteiger partial charge in [0, 0.05) is 11.0 Å². The maximum absolute atomic E-state index is 11.9. The number of hydrogen-bond donors (Lipinski definition) is 0. The molecule has 1 aliphatic rings. The molecule has 0 aliphatic carbocycles. The molecule has 0 bridgehead atoms. The predicted octanol–water partition coefficient (Wildman–Crippen LogP) is 3.88. The van der Waals surface area contributed by atoms with E-state index < -0.39 is 5.97 Å². The lowest BCUT2D eigenvalue weighted by atomic mass is 10.2. The van der Waals surface area contributed by atoms with E-state index in [1.807, 2.05) is 13.0 Å². The van der Waals surface area contributed by atoms with E-state index in [1.165, 1.54) is 23.5 Å². The van der Waals surface area contributed by atoms with Crippen molar-refractivity contribution in [3.63, 3.8) is 0 Å². The molecule has 2 aromatic rings. The number of esters is 1. The monoisotopic (exact) mass is 364 g/mol. The number of carbonyl (C=O) groups excluding carboxylic acids is 2. The normalized spacial score (nSPS) is 12.6. The van der Waals surface area contributed by atoms with Gasteiger partial charge in [-0.15, -0.1) is 11.3 Å². The topological polar surface area (TPSA) is 61.8 Å². The minimum atomic E-state index is -0.606. The highest BCUT2D eigenvalue weighted by molar-refractivity contribution is 7.14. The molecule has 1 aromatic heterocycles. The van der Waals surface area contributed by atoms with Crippen LogP contribution >= 0.6 is 22.9 Å². The van der Waals surface area contributed by atoms with E-state index in [-0.39, 0.29) is 19.2 Å². The first kappa shape index (κ1) is 16.5. The van der Waals surface area contributed by atoms with Gasteiger partial charge in [0.25, 0.3) is 0 Å². The second kappa shape index (κ2) is 7.07. The van der Waals surface area contributed by atoms with Crippen molar-refractivity contribution in [2.75, 3.05) is 13.4 Å². The predicted molar refractivity (Wildman–Crippen MR) is 91.0 cm³/mol. The Bertz CT molecular complexity index is 824. The van der Waals surface area contributed by atoms with Gasteiger partial charge in [-0.3, -0.25) is 4.79 Å². The largest absolute Gasteiger partial charge is 0.454 e. The molecular formula is C17H13ClO5S. The van der Waals surface area contributed by atoms with Crippen molar-refractivity contribution < 1.29 is 23.8 Å². The quantitative estimate of drug-likeness (QED) is 0.457. The third kappa shape index (κ3) is 3.77. The van der Waals surface area contributed by atoms with Crippen molar-refractivity contribution in [1.29, 1.82) is 0 Å². The molecule has 5 nitrogen and oxygen atoms in total. The van der Waals surface area contributed by atoms with Gasteiger partial charge in [-0.2, -0.15) is 0 Å². The molecule has 0 atom stereocenters. The average Bonchev–Trinajstić information content (AvgIpc) is 3.19. The van der Waals surface area contributed by atoms with Crippen molar-refractivity contribution in [1.82, 2.24) is 0 Å². The number of Topliss-reactive ketones (excluding diaryl/α,β-unsaturated/α-hetero) is 1. The summed E-state index contributed by atoms with van der Waals surface area (Å²) >= 11 is 7.44. The third-order valence-corrected chi connectivity index (χ3v) is 4.54. The average molecular weight is 365 g/mol. The first-order valence-electron chi connectivity index (χ1n) is 7.06. The van der Waals surface area contributed by atoms with Gasteiger partial charge in [0.05, 0.1) is 9.90 Å². The Hall–Kier alpha value is -2.31. The fourth-order valence-corrected chi connectivity index (χ4v) is 3.15. The number of thiophene rings is 1. The van der Waals surface area contributed by atoms with E-state index in [9.17, 15) is 9.59 Å². The van der Waals surface area contributed by atoms with Crippen LogP contribution in [0, 0.1) is 6.92 Å². The van der Waals surface area contributed by atoms with Gasteiger partial charge in [-0.1, -0.05) is 11.6 Å². The fourth-order valence-electron chi connectivity index (χ4n) is 2.09. The van der Waals surface area contributed by atoms with Gasteiger partial charge in [0.2, 0.25) is 12.6 Å². The maximum atomic E-state index is 11.9. The molecule has 0 amide bonds. The number of carbonyl (C=O) groups is 2. The molecule has 1 aromatic carbocycles. The summed E-state index contributed by atoms with van der Waals surface area (Å²) in [5.74, 6) is 0.193. The summed E-state index contributed by atoms with van der Waals surface area (Å²) in [4.78, 5) is 25.2. The SMILES string of the molecule is Cc1ccc(C(=O)COC(=O)/C=C/c2cc(Cl)c3c(c2)OCO3)s1. The molecule has 0 spiro atoms. The highest BCUT2D eigenvalue weighted by Crippen LogP contribution is 2.40. The summed E-state index contributed by atoms with van der Waals surface area (Å²) in [6.45, 7) is 1.74. The number of aryl methyl sites for hydroxylation is 1. The van der Waals surface area contributed by atoms with Crippen molar-refractivity contribution >= 4 is 40.8 Å². The second-order valence-electron chi connectivity index (χ2n) is 5.01. The van der Waals surface area contributed by atoms with Crippen LogP contribution in [0.5, 0.6) is 11.5 Å². The molecule has 0 radical (unpaired) electrons. The Morgan fingerprint density at radius 3 is 2.92 bits per heavy atom. The Balaban J connectivity index is 1.58. The number of hydrogen-bond acceptors (Lipinski definition) is 6.